The van der Waals surface area contributed by atoms with Crippen LogP contribution in [-0.4, -0.2) is 24.7 Å². The van der Waals surface area contributed by atoms with E-state index in [9.17, 15) is 0 Å². The van der Waals surface area contributed by atoms with Crippen LogP contribution in [0, 0.1) is 5.92 Å². The van der Waals surface area contributed by atoms with Gasteiger partial charge >= 0.3 is 0 Å². The molecule has 0 saturated carbocycles. The highest BCUT2D eigenvalue weighted by molar-refractivity contribution is 7.09. The van der Waals surface area contributed by atoms with Gasteiger partial charge in [-0.2, -0.15) is 0 Å². The molecular weight excluding hydrogens is 208 g/mol. The summed E-state index contributed by atoms with van der Waals surface area (Å²) in [7, 11) is 0. The molecule has 1 aromatic heterocycles. The molecule has 0 radical (unpaired) electrons. The monoisotopic (exact) mass is 226 g/mol. The summed E-state index contributed by atoms with van der Waals surface area (Å²) < 4.78 is 5.48. The van der Waals surface area contributed by atoms with Crippen molar-refractivity contribution in [3.05, 3.63) is 16.6 Å². The number of aromatic nitrogens is 1. The first-order valence-electron chi connectivity index (χ1n) is 5.50. The molecule has 1 aliphatic heterocycles. The Morgan fingerprint density at radius 3 is 3.13 bits per heavy atom. The van der Waals surface area contributed by atoms with Crippen LogP contribution in [0.2, 0.25) is 0 Å². The molecule has 1 fully saturated rings. The Balaban J connectivity index is 2.22. The molecular formula is C11H18N2OS. The summed E-state index contributed by atoms with van der Waals surface area (Å²) in [5, 5.41) is 6.79. The molecule has 3 nitrogen and oxygen atoms in total. The fraction of sp³-hybridized carbons (Fsp3) is 0.727. The van der Waals surface area contributed by atoms with Crippen LogP contribution in [0.5, 0.6) is 0 Å². The summed E-state index contributed by atoms with van der Waals surface area (Å²) in [6.45, 7) is 7.09. The Labute approximate surface area is 94.9 Å². The van der Waals surface area contributed by atoms with E-state index in [0.29, 0.717) is 5.92 Å². The van der Waals surface area contributed by atoms with E-state index in [2.05, 4.69) is 24.1 Å². The Morgan fingerprint density at radius 2 is 2.60 bits per heavy atom. The van der Waals surface area contributed by atoms with Crippen LogP contribution in [0.15, 0.2) is 11.6 Å². The van der Waals surface area contributed by atoms with E-state index in [0.717, 1.165) is 26.2 Å². The van der Waals surface area contributed by atoms with Crippen LogP contribution >= 0.6 is 11.3 Å². The van der Waals surface area contributed by atoms with Gasteiger partial charge in [-0.25, -0.2) is 4.98 Å². The van der Waals surface area contributed by atoms with Crippen molar-refractivity contribution in [1.29, 1.82) is 0 Å². The molecule has 2 rings (SSSR count). The minimum absolute atomic E-state index is 0.0145. The van der Waals surface area contributed by atoms with E-state index in [-0.39, 0.29) is 5.54 Å². The minimum atomic E-state index is -0.0145. The maximum atomic E-state index is 5.48. The molecule has 2 atom stereocenters. The number of rotatable bonds is 4. The lowest BCUT2D eigenvalue weighted by Gasteiger charge is -2.33. The third-order valence-corrected chi connectivity index (χ3v) is 4.18. The summed E-state index contributed by atoms with van der Waals surface area (Å²) >= 11 is 1.73. The second-order valence-electron chi connectivity index (χ2n) is 4.13. The second kappa shape index (κ2) is 4.60. The van der Waals surface area contributed by atoms with Crippen molar-refractivity contribution in [2.24, 2.45) is 5.92 Å². The van der Waals surface area contributed by atoms with Gasteiger partial charge in [0.05, 0.1) is 12.1 Å². The molecule has 0 amide bonds. The first-order chi connectivity index (χ1) is 7.27. The molecule has 0 spiro atoms. The van der Waals surface area contributed by atoms with Gasteiger partial charge in [-0.1, -0.05) is 6.92 Å². The van der Waals surface area contributed by atoms with E-state index >= 15 is 0 Å². The fourth-order valence-electron chi connectivity index (χ4n) is 2.23. The summed E-state index contributed by atoms with van der Waals surface area (Å²) in [5.74, 6) is 0.545. The predicted octanol–water partition coefficient (Wildman–Crippen LogP) is 2.00. The molecule has 1 N–H and O–H groups in total. The van der Waals surface area contributed by atoms with Crippen molar-refractivity contribution in [3.8, 4) is 0 Å². The summed E-state index contributed by atoms with van der Waals surface area (Å²) in [5.41, 5.74) is -0.0145. The van der Waals surface area contributed by atoms with Gasteiger partial charge in [0.25, 0.3) is 0 Å². The summed E-state index contributed by atoms with van der Waals surface area (Å²) in [6.07, 6.45) is 3.01. The van der Waals surface area contributed by atoms with Crippen LogP contribution < -0.4 is 5.32 Å². The average molecular weight is 226 g/mol. The number of thiazole rings is 1. The zero-order valence-corrected chi connectivity index (χ0v) is 10.1. The normalized spacial score (nSPS) is 25.3. The molecule has 15 heavy (non-hydrogen) atoms. The Kier molecular flexibility index (Phi) is 3.38. The van der Waals surface area contributed by atoms with Crippen LogP contribution in [0.3, 0.4) is 0 Å². The highest BCUT2D eigenvalue weighted by atomic mass is 32.1. The second-order valence-corrected chi connectivity index (χ2v) is 5.03. The highest BCUT2D eigenvalue weighted by Gasteiger charge is 2.39. The van der Waals surface area contributed by atoms with Gasteiger partial charge < -0.3 is 10.1 Å². The lowest BCUT2D eigenvalue weighted by Crippen LogP contribution is -2.46. The first-order valence-corrected chi connectivity index (χ1v) is 6.38. The van der Waals surface area contributed by atoms with E-state index in [1.807, 2.05) is 11.6 Å². The molecule has 2 heterocycles. The molecule has 0 aliphatic carbocycles. The van der Waals surface area contributed by atoms with Gasteiger partial charge in [0.15, 0.2) is 0 Å². The maximum Gasteiger partial charge on any atom is 0.113 e. The molecule has 1 saturated heterocycles. The Morgan fingerprint density at radius 1 is 1.73 bits per heavy atom. The standard InChI is InChI=1S/C11H18N2OS/c1-3-13-11(2,9-4-6-14-8-9)10-12-5-7-15-10/h5,7,9,13H,3-4,6,8H2,1-2H3. The van der Waals surface area contributed by atoms with Crippen molar-refractivity contribution < 1.29 is 4.74 Å². The highest BCUT2D eigenvalue weighted by Crippen LogP contribution is 2.35. The number of hydrogen-bond acceptors (Lipinski definition) is 4. The quantitative estimate of drug-likeness (QED) is 0.852. The van der Waals surface area contributed by atoms with Crippen molar-refractivity contribution in [3.63, 3.8) is 0 Å². The lowest BCUT2D eigenvalue weighted by atomic mass is 9.85. The Hall–Kier alpha value is -0.450. The number of hydrogen-bond donors (Lipinski definition) is 1. The van der Waals surface area contributed by atoms with Crippen LogP contribution in [0.4, 0.5) is 0 Å². The SMILES string of the molecule is CCNC(C)(c1nccs1)C1CCOC1. The zero-order chi connectivity index (χ0) is 10.7. The van der Waals surface area contributed by atoms with Gasteiger partial charge in [0, 0.05) is 24.1 Å². The van der Waals surface area contributed by atoms with Crippen molar-refractivity contribution in [2.45, 2.75) is 25.8 Å². The largest absolute Gasteiger partial charge is 0.381 e. The maximum absolute atomic E-state index is 5.48. The lowest BCUT2D eigenvalue weighted by molar-refractivity contribution is 0.153. The van der Waals surface area contributed by atoms with Crippen LogP contribution in [0.1, 0.15) is 25.3 Å². The predicted molar refractivity (Wildman–Crippen MR) is 62.1 cm³/mol. The van der Waals surface area contributed by atoms with Crippen molar-refractivity contribution in [2.75, 3.05) is 19.8 Å². The summed E-state index contributed by atoms with van der Waals surface area (Å²) in [4.78, 5) is 4.45. The van der Waals surface area contributed by atoms with Crippen molar-refractivity contribution in [1.82, 2.24) is 10.3 Å². The Bertz CT molecular complexity index is 296. The van der Waals surface area contributed by atoms with E-state index in [1.54, 1.807) is 11.3 Å². The minimum Gasteiger partial charge on any atom is -0.381 e. The smallest absolute Gasteiger partial charge is 0.113 e. The number of ether oxygens (including phenoxy) is 1. The van der Waals surface area contributed by atoms with E-state index < -0.39 is 0 Å². The fourth-order valence-corrected chi connectivity index (χ4v) is 3.09. The van der Waals surface area contributed by atoms with Gasteiger partial charge in [0.2, 0.25) is 0 Å². The van der Waals surface area contributed by atoms with Gasteiger partial charge in [0.1, 0.15) is 5.01 Å². The zero-order valence-electron chi connectivity index (χ0n) is 9.32. The molecule has 1 aromatic rings. The first kappa shape index (κ1) is 11.0. The van der Waals surface area contributed by atoms with E-state index in [1.165, 1.54) is 5.01 Å². The van der Waals surface area contributed by atoms with Crippen LogP contribution in [-0.2, 0) is 10.3 Å². The molecule has 0 bridgehead atoms. The van der Waals surface area contributed by atoms with Crippen LogP contribution in [0.25, 0.3) is 0 Å². The van der Waals surface area contributed by atoms with Gasteiger partial charge in [-0.05, 0) is 19.9 Å². The van der Waals surface area contributed by atoms with E-state index in [4.69, 9.17) is 4.74 Å². The van der Waals surface area contributed by atoms with Gasteiger partial charge in [-0.15, -0.1) is 11.3 Å². The topological polar surface area (TPSA) is 34.2 Å². The third kappa shape index (κ3) is 2.07. The summed E-state index contributed by atoms with van der Waals surface area (Å²) in [6, 6.07) is 0. The molecule has 1 aliphatic rings. The molecule has 4 heteroatoms. The third-order valence-electron chi connectivity index (χ3n) is 3.17. The van der Waals surface area contributed by atoms with Gasteiger partial charge in [-0.3, -0.25) is 0 Å². The molecule has 2 unspecified atom stereocenters. The molecule has 84 valence electrons. The number of nitrogens with one attached hydrogen (secondary N) is 1. The number of nitrogens with zero attached hydrogens (tertiary/aromatic N) is 1. The van der Waals surface area contributed by atoms with Crippen molar-refractivity contribution >= 4 is 11.3 Å². The molecule has 0 aromatic carbocycles. The average Bonchev–Trinajstić information content (AvgIpc) is 2.92.